The fourth-order valence-corrected chi connectivity index (χ4v) is 3.91. The van der Waals surface area contributed by atoms with E-state index in [-0.39, 0.29) is 47.9 Å². The zero-order valence-electron chi connectivity index (χ0n) is 17.4. The summed E-state index contributed by atoms with van der Waals surface area (Å²) in [6.45, 7) is 9.62. The summed E-state index contributed by atoms with van der Waals surface area (Å²) >= 11 is 0. The van der Waals surface area contributed by atoms with Gasteiger partial charge in [-0.15, -0.1) is 0 Å². The number of aromatic nitrogens is 2. The third kappa shape index (κ3) is 3.95. The van der Waals surface area contributed by atoms with E-state index in [0.717, 1.165) is 25.7 Å². The van der Waals surface area contributed by atoms with Crippen molar-refractivity contribution in [3.8, 4) is 0 Å². The molecule has 2 atom stereocenters. The summed E-state index contributed by atoms with van der Waals surface area (Å²) in [5, 5.41) is 6.88. The third-order valence-electron chi connectivity index (χ3n) is 5.57. The number of carbonyl (C=O) groups excluding carboxylic acids is 3. The molecular weight excluding hydrogens is 360 g/mol. The monoisotopic (exact) mass is 390 g/mol. The first-order valence-electron chi connectivity index (χ1n) is 10.0. The van der Waals surface area contributed by atoms with Gasteiger partial charge in [-0.05, 0) is 26.7 Å². The molecule has 2 unspecified atom stereocenters. The summed E-state index contributed by atoms with van der Waals surface area (Å²) in [5.41, 5.74) is -1.10. The Morgan fingerprint density at radius 2 is 1.68 bits per heavy atom. The van der Waals surface area contributed by atoms with Gasteiger partial charge in [-0.2, -0.15) is 4.98 Å². The summed E-state index contributed by atoms with van der Waals surface area (Å²) in [6, 6.07) is 0. The number of amides is 3. The minimum atomic E-state index is -0.822. The van der Waals surface area contributed by atoms with E-state index >= 15 is 0 Å². The fraction of sp³-hybridized carbons (Fsp3) is 0.750. The maximum atomic E-state index is 12.5. The maximum absolute atomic E-state index is 12.5. The lowest BCUT2D eigenvalue weighted by Crippen LogP contribution is -2.43. The van der Waals surface area contributed by atoms with Gasteiger partial charge in [0.15, 0.2) is 5.82 Å². The molecule has 1 N–H and O–H groups in total. The summed E-state index contributed by atoms with van der Waals surface area (Å²) in [7, 11) is 0. The topological polar surface area (TPSA) is 105 Å². The van der Waals surface area contributed by atoms with Crippen molar-refractivity contribution in [2.75, 3.05) is 6.54 Å². The van der Waals surface area contributed by atoms with Crippen LogP contribution in [0.4, 0.5) is 0 Å². The van der Waals surface area contributed by atoms with Crippen molar-refractivity contribution in [1.29, 1.82) is 0 Å². The van der Waals surface area contributed by atoms with Crippen LogP contribution in [0.5, 0.6) is 0 Å². The van der Waals surface area contributed by atoms with Crippen molar-refractivity contribution >= 4 is 17.7 Å². The predicted molar refractivity (Wildman–Crippen MR) is 101 cm³/mol. The van der Waals surface area contributed by atoms with Gasteiger partial charge in [0.05, 0.1) is 17.4 Å². The van der Waals surface area contributed by atoms with E-state index < -0.39 is 5.54 Å². The zero-order valence-corrected chi connectivity index (χ0v) is 17.4. The lowest BCUT2D eigenvalue weighted by atomic mass is 9.81. The van der Waals surface area contributed by atoms with Crippen LogP contribution in [0.1, 0.15) is 78.4 Å². The Hall–Kier alpha value is -2.25. The number of hydrogen-bond donors (Lipinski definition) is 1. The molecule has 3 amide bonds. The minimum Gasteiger partial charge on any atom is -0.344 e. The smallest absolute Gasteiger partial charge is 0.233 e. The van der Waals surface area contributed by atoms with Crippen LogP contribution in [-0.2, 0) is 25.3 Å². The molecule has 154 valence electrons. The second kappa shape index (κ2) is 7.29. The molecule has 8 nitrogen and oxygen atoms in total. The molecule has 1 aliphatic heterocycles. The number of hydrogen-bond acceptors (Lipinski definition) is 6. The normalized spacial score (nSPS) is 23.1. The van der Waals surface area contributed by atoms with E-state index in [1.165, 1.54) is 4.90 Å². The standard InChI is InChI=1S/C20H30N4O4/c1-19(2,3)18-21-17(23-28-18)20(4,5)22-14(25)10-11-24-15(26)12-8-6-7-9-13(12)16(24)27/h12-13H,6-11H2,1-5H3,(H,22,25). The first-order valence-corrected chi connectivity index (χ1v) is 10.0. The number of imide groups is 1. The van der Waals surface area contributed by atoms with Gasteiger partial charge >= 0.3 is 0 Å². The molecule has 8 heteroatoms. The Morgan fingerprint density at radius 3 is 2.18 bits per heavy atom. The molecule has 1 saturated heterocycles. The molecule has 2 fully saturated rings. The lowest BCUT2D eigenvalue weighted by molar-refractivity contribution is -0.140. The number of nitrogens with one attached hydrogen (secondary N) is 1. The Balaban J connectivity index is 1.58. The molecule has 3 rings (SSSR count). The van der Waals surface area contributed by atoms with Crippen LogP contribution in [0, 0.1) is 11.8 Å². The average Bonchev–Trinajstić information content (AvgIpc) is 3.19. The molecule has 1 aromatic heterocycles. The highest BCUT2D eigenvalue weighted by Crippen LogP contribution is 2.38. The van der Waals surface area contributed by atoms with E-state index in [0.29, 0.717) is 11.7 Å². The molecule has 28 heavy (non-hydrogen) atoms. The predicted octanol–water partition coefficient (Wildman–Crippen LogP) is 2.28. The van der Waals surface area contributed by atoms with Crippen LogP contribution >= 0.6 is 0 Å². The molecular formula is C20H30N4O4. The van der Waals surface area contributed by atoms with Gasteiger partial charge in [0, 0.05) is 18.4 Å². The summed E-state index contributed by atoms with van der Waals surface area (Å²) in [5.74, 6) is 0.0321. The van der Waals surface area contributed by atoms with Crippen molar-refractivity contribution < 1.29 is 18.9 Å². The van der Waals surface area contributed by atoms with Crippen LogP contribution in [0.2, 0.25) is 0 Å². The van der Waals surface area contributed by atoms with Gasteiger partial charge in [-0.25, -0.2) is 0 Å². The summed E-state index contributed by atoms with van der Waals surface area (Å²) < 4.78 is 5.31. The van der Waals surface area contributed by atoms with Crippen molar-refractivity contribution in [3.63, 3.8) is 0 Å². The minimum absolute atomic E-state index is 0.0599. The SMILES string of the molecule is CC(C)(C)c1nc(C(C)(C)NC(=O)CCN2C(=O)C3CCCCC3C2=O)no1. The second-order valence-electron chi connectivity index (χ2n) is 9.42. The first-order chi connectivity index (χ1) is 13.0. The molecule has 1 aromatic rings. The first kappa shape index (κ1) is 20.5. The molecule has 0 spiro atoms. The molecule has 0 radical (unpaired) electrons. The average molecular weight is 390 g/mol. The van der Waals surface area contributed by atoms with Crippen molar-refractivity contribution in [2.45, 2.75) is 77.7 Å². The highest BCUT2D eigenvalue weighted by Gasteiger charge is 2.47. The Labute approximate surface area is 165 Å². The van der Waals surface area contributed by atoms with Crippen LogP contribution in [0.3, 0.4) is 0 Å². The molecule has 0 aromatic carbocycles. The van der Waals surface area contributed by atoms with Crippen molar-refractivity contribution in [1.82, 2.24) is 20.4 Å². The molecule has 0 bridgehead atoms. The van der Waals surface area contributed by atoms with Crippen LogP contribution < -0.4 is 5.32 Å². The maximum Gasteiger partial charge on any atom is 0.233 e. The Kier molecular flexibility index (Phi) is 5.34. The lowest BCUT2D eigenvalue weighted by Gasteiger charge is -2.23. The number of likely N-dealkylation sites (tertiary alicyclic amines) is 1. The van der Waals surface area contributed by atoms with E-state index in [9.17, 15) is 14.4 Å². The largest absolute Gasteiger partial charge is 0.344 e. The highest BCUT2D eigenvalue weighted by atomic mass is 16.5. The summed E-state index contributed by atoms with van der Waals surface area (Å²) in [6.07, 6.45) is 3.59. The Bertz CT molecular complexity index is 753. The van der Waals surface area contributed by atoms with E-state index in [1.807, 2.05) is 20.8 Å². The van der Waals surface area contributed by atoms with Crippen LogP contribution in [0.25, 0.3) is 0 Å². The quantitative estimate of drug-likeness (QED) is 0.773. The second-order valence-corrected chi connectivity index (χ2v) is 9.42. The number of rotatable bonds is 5. The number of nitrogens with zero attached hydrogens (tertiary/aromatic N) is 3. The summed E-state index contributed by atoms with van der Waals surface area (Å²) in [4.78, 5) is 43.2. The Morgan fingerprint density at radius 1 is 1.11 bits per heavy atom. The van der Waals surface area contributed by atoms with Gasteiger partial charge in [0.25, 0.3) is 0 Å². The van der Waals surface area contributed by atoms with E-state index in [2.05, 4.69) is 15.5 Å². The van der Waals surface area contributed by atoms with Gasteiger partial charge in [0.2, 0.25) is 23.6 Å². The molecule has 1 aliphatic carbocycles. The number of carbonyl (C=O) groups is 3. The molecule has 2 heterocycles. The van der Waals surface area contributed by atoms with E-state index in [4.69, 9.17) is 4.52 Å². The number of fused-ring (bicyclic) bond motifs is 1. The van der Waals surface area contributed by atoms with Gasteiger partial charge < -0.3 is 9.84 Å². The van der Waals surface area contributed by atoms with Crippen molar-refractivity contribution in [3.05, 3.63) is 11.7 Å². The van der Waals surface area contributed by atoms with E-state index in [1.54, 1.807) is 13.8 Å². The van der Waals surface area contributed by atoms with Gasteiger partial charge in [0.1, 0.15) is 0 Å². The third-order valence-corrected chi connectivity index (χ3v) is 5.57. The molecule has 2 aliphatic rings. The fourth-order valence-electron chi connectivity index (χ4n) is 3.91. The van der Waals surface area contributed by atoms with Crippen molar-refractivity contribution in [2.24, 2.45) is 11.8 Å². The highest BCUT2D eigenvalue weighted by molar-refractivity contribution is 6.05. The van der Waals surface area contributed by atoms with Crippen LogP contribution in [0.15, 0.2) is 4.52 Å². The van der Waals surface area contributed by atoms with Gasteiger partial charge in [-0.1, -0.05) is 38.8 Å². The molecule has 1 saturated carbocycles. The zero-order chi connectivity index (χ0) is 20.7. The van der Waals surface area contributed by atoms with Gasteiger partial charge in [-0.3, -0.25) is 19.3 Å². The van der Waals surface area contributed by atoms with Crippen LogP contribution in [-0.4, -0.2) is 39.3 Å².